The number of pyridine rings is 1. The molecular formula is C8H5ClF5NO. The molecule has 1 rings (SSSR count). The molecule has 1 heterocycles. The smallest absolute Gasteiger partial charge is 0.421 e. The van der Waals surface area contributed by atoms with Gasteiger partial charge in [-0.3, -0.25) is 0 Å². The molecule has 0 atom stereocenters. The molecule has 0 aliphatic rings. The highest BCUT2D eigenvalue weighted by molar-refractivity contribution is 6.32. The second-order valence-corrected chi connectivity index (χ2v) is 3.08. The average Bonchev–Trinajstić information content (AvgIpc) is 2.14. The molecule has 0 saturated carbocycles. The van der Waals surface area contributed by atoms with Crippen LogP contribution in [0.4, 0.5) is 22.0 Å². The fraction of sp³-hybridized carbons (Fsp3) is 0.375. The molecule has 90 valence electrons. The predicted molar refractivity (Wildman–Crippen MR) is 45.8 cm³/mol. The lowest BCUT2D eigenvalue weighted by molar-refractivity contribution is -0.138. The van der Waals surface area contributed by atoms with E-state index in [4.69, 9.17) is 11.6 Å². The first-order valence-corrected chi connectivity index (χ1v) is 4.24. The quantitative estimate of drug-likeness (QED) is 0.757. The minimum absolute atomic E-state index is 0.566. The number of hydrogen-bond donors (Lipinski definition) is 0. The van der Waals surface area contributed by atoms with E-state index >= 15 is 0 Å². The normalized spacial score (nSPS) is 12.0. The van der Waals surface area contributed by atoms with Gasteiger partial charge in [-0.15, -0.1) is 0 Å². The molecular weight excluding hydrogens is 257 g/mol. The van der Waals surface area contributed by atoms with Crippen LogP contribution in [0.15, 0.2) is 6.20 Å². The maximum absolute atomic E-state index is 12.5. The van der Waals surface area contributed by atoms with Crippen LogP contribution in [-0.2, 0) is 6.18 Å². The van der Waals surface area contributed by atoms with E-state index in [1.165, 1.54) is 0 Å². The molecule has 0 radical (unpaired) electrons. The van der Waals surface area contributed by atoms with Crippen molar-refractivity contribution in [3.05, 3.63) is 22.5 Å². The van der Waals surface area contributed by atoms with Gasteiger partial charge in [-0.25, -0.2) is 13.8 Å². The van der Waals surface area contributed by atoms with Gasteiger partial charge in [-0.2, -0.15) is 13.2 Å². The third kappa shape index (κ3) is 2.34. The Bertz CT molecular complexity index is 393. The molecule has 0 aromatic carbocycles. The third-order valence-electron chi connectivity index (χ3n) is 1.72. The van der Waals surface area contributed by atoms with Crippen LogP contribution in [0.3, 0.4) is 0 Å². The van der Waals surface area contributed by atoms with Gasteiger partial charge in [0.15, 0.2) is 5.75 Å². The van der Waals surface area contributed by atoms with Gasteiger partial charge >= 0.3 is 6.18 Å². The number of rotatable bonds is 2. The summed E-state index contributed by atoms with van der Waals surface area (Å²) in [6, 6.07) is 0. The maximum Gasteiger partial charge on any atom is 0.421 e. The summed E-state index contributed by atoms with van der Waals surface area (Å²) in [4.78, 5) is 3.12. The van der Waals surface area contributed by atoms with Gasteiger partial charge in [0.05, 0.1) is 18.3 Å². The van der Waals surface area contributed by atoms with E-state index in [0.29, 0.717) is 6.20 Å². The molecule has 0 amide bonds. The van der Waals surface area contributed by atoms with Gasteiger partial charge in [-0.1, -0.05) is 11.6 Å². The van der Waals surface area contributed by atoms with Crippen molar-refractivity contribution in [2.45, 2.75) is 12.6 Å². The molecule has 0 fully saturated rings. The zero-order chi connectivity index (χ0) is 12.5. The van der Waals surface area contributed by atoms with Crippen LogP contribution < -0.4 is 4.74 Å². The average molecular weight is 262 g/mol. The Morgan fingerprint density at radius 2 is 1.94 bits per heavy atom. The topological polar surface area (TPSA) is 22.1 Å². The maximum atomic E-state index is 12.5. The minimum Gasteiger partial charge on any atom is -0.494 e. The van der Waals surface area contributed by atoms with Crippen LogP contribution in [0.25, 0.3) is 0 Å². The molecule has 0 saturated heterocycles. The Morgan fingerprint density at radius 3 is 2.31 bits per heavy atom. The molecule has 1 aromatic rings. The molecule has 0 aliphatic heterocycles. The van der Waals surface area contributed by atoms with Crippen molar-refractivity contribution < 1.29 is 26.7 Å². The Morgan fingerprint density at radius 1 is 1.38 bits per heavy atom. The second-order valence-electron chi connectivity index (χ2n) is 2.70. The summed E-state index contributed by atoms with van der Waals surface area (Å²) < 4.78 is 66.4. The van der Waals surface area contributed by atoms with Crippen molar-refractivity contribution in [1.29, 1.82) is 0 Å². The molecule has 8 heteroatoms. The molecule has 2 nitrogen and oxygen atoms in total. The van der Waals surface area contributed by atoms with E-state index in [1.54, 1.807) is 0 Å². The Hall–Kier alpha value is -1.11. The number of halogens is 6. The number of aromatic nitrogens is 1. The van der Waals surface area contributed by atoms with Crippen LogP contribution in [-0.4, -0.2) is 12.1 Å². The lowest BCUT2D eigenvalue weighted by Crippen LogP contribution is -2.11. The lowest BCUT2D eigenvalue weighted by atomic mass is 10.2. The largest absolute Gasteiger partial charge is 0.494 e. The highest BCUT2D eigenvalue weighted by Gasteiger charge is 2.39. The molecule has 0 spiro atoms. The SMILES string of the molecule is COc1cnc(C(F)F)c(Cl)c1C(F)(F)F. The summed E-state index contributed by atoms with van der Waals surface area (Å²) in [7, 11) is 0.963. The zero-order valence-corrected chi connectivity index (χ0v) is 8.53. The van der Waals surface area contributed by atoms with Crippen LogP contribution >= 0.6 is 11.6 Å². The Balaban J connectivity index is 3.47. The molecule has 16 heavy (non-hydrogen) atoms. The van der Waals surface area contributed by atoms with Crippen molar-refractivity contribution in [2.75, 3.05) is 7.11 Å². The van der Waals surface area contributed by atoms with Crippen molar-refractivity contribution >= 4 is 11.6 Å². The van der Waals surface area contributed by atoms with Gasteiger partial charge in [-0.05, 0) is 0 Å². The van der Waals surface area contributed by atoms with E-state index in [9.17, 15) is 22.0 Å². The first-order chi connectivity index (χ1) is 7.29. The highest BCUT2D eigenvalue weighted by Crippen LogP contribution is 2.43. The molecule has 0 bridgehead atoms. The monoisotopic (exact) mass is 261 g/mol. The standard InChI is InChI=1S/C8H5ClF5NO/c1-16-3-2-15-6(7(10)11)5(9)4(3)8(12,13)14/h2,7H,1H3. The van der Waals surface area contributed by atoms with Crippen LogP contribution in [0.1, 0.15) is 17.7 Å². The summed E-state index contributed by atoms with van der Waals surface area (Å²) in [5.74, 6) is -0.693. The first kappa shape index (κ1) is 13.0. The number of alkyl halides is 5. The van der Waals surface area contributed by atoms with Crippen LogP contribution in [0.2, 0.25) is 5.02 Å². The summed E-state index contributed by atoms with van der Waals surface area (Å²) in [5.41, 5.74) is -2.56. The first-order valence-electron chi connectivity index (χ1n) is 3.86. The summed E-state index contributed by atoms with van der Waals surface area (Å²) >= 11 is 5.23. The Kier molecular flexibility index (Phi) is 3.57. The van der Waals surface area contributed by atoms with E-state index in [-0.39, 0.29) is 0 Å². The van der Waals surface area contributed by atoms with Crippen molar-refractivity contribution in [3.63, 3.8) is 0 Å². The number of ether oxygens (including phenoxy) is 1. The van der Waals surface area contributed by atoms with Crippen molar-refractivity contribution in [2.24, 2.45) is 0 Å². The van der Waals surface area contributed by atoms with E-state index in [0.717, 1.165) is 7.11 Å². The van der Waals surface area contributed by atoms with Gasteiger partial charge < -0.3 is 4.74 Å². The number of nitrogens with zero attached hydrogens (tertiary/aromatic N) is 1. The molecule has 1 aromatic heterocycles. The van der Waals surface area contributed by atoms with Gasteiger partial charge in [0, 0.05) is 0 Å². The number of hydrogen-bond acceptors (Lipinski definition) is 2. The van der Waals surface area contributed by atoms with E-state index in [2.05, 4.69) is 9.72 Å². The van der Waals surface area contributed by atoms with Gasteiger partial charge in [0.25, 0.3) is 6.43 Å². The molecule has 0 aliphatic carbocycles. The number of methoxy groups -OCH3 is 1. The molecule has 0 N–H and O–H groups in total. The second kappa shape index (κ2) is 4.40. The van der Waals surface area contributed by atoms with Crippen molar-refractivity contribution in [1.82, 2.24) is 4.98 Å². The van der Waals surface area contributed by atoms with E-state index < -0.39 is 34.6 Å². The zero-order valence-electron chi connectivity index (χ0n) is 7.78. The van der Waals surface area contributed by atoms with Crippen LogP contribution in [0, 0.1) is 0 Å². The van der Waals surface area contributed by atoms with E-state index in [1.807, 2.05) is 0 Å². The highest BCUT2D eigenvalue weighted by atomic mass is 35.5. The van der Waals surface area contributed by atoms with Gasteiger partial charge in [0.2, 0.25) is 0 Å². The molecule has 0 unspecified atom stereocenters. The predicted octanol–water partition coefficient (Wildman–Crippen LogP) is 3.70. The van der Waals surface area contributed by atoms with Crippen LogP contribution in [0.5, 0.6) is 5.75 Å². The van der Waals surface area contributed by atoms with Gasteiger partial charge in [0.1, 0.15) is 11.3 Å². The summed E-state index contributed by atoms with van der Waals surface area (Å²) in [6.45, 7) is 0. The fourth-order valence-electron chi connectivity index (χ4n) is 1.06. The minimum atomic E-state index is -4.88. The lowest BCUT2D eigenvalue weighted by Gasteiger charge is -2.14. The Labute approximate surface area is 92.0 Å². The third-order valence-corrected chi connectivity index (χ3v) is 2.10. The fourth-order valence-corrected chi connectivity index (χ4v) is 1.39. The summed E-state index contributed by atoms with van der Waals surface area (Å²) in [5, 5.41) is -1.14. The van der Waals surface area contributed by atoms with Crippen molar-refractivity contribution in [3.8, 4) is 5.75 Å². The summed E-state index contributed by atoms with van der Waals surface area (Å²) in [6.07, 6.45) is -7.50.